The minimum Gasteiger partial charge on any atom is -0.347 e. The minimum atomic E-state index is -0.0988. The van der Waals surface area contributed by atoms with Gasteiger partial charge >= 0.3 is 6.03 Å². The lowest BCUT2D eigenvalue weighted by molar-refractivity contribution is 0.180. The predicted molar refractivity (Wildman–Crippen MR) is 113 cm³/mol. The van der Waals surface area contributed by atoms with Gasteiger partial charge in [-0.1, -0.05) is 27.7 Å². The first-order valence-electron chi connectivity index (χ1n) is 10.3. The van der Waals surface area contributed by atoms with Crippen LogP contribution in [0.4, 0.5) is 10.5 Å². The van der Waals surface area contributed by atoms with Gasteiger partial charge in [-0.15, -0.1) is 0 Å². The average molecular weight is 371 g/mol. The molecular weight excluding hydrogens is 336 g/mol. The highest BCUT2D eigenvalue weighted by molar-refractivity contribution is 5.93. The van der Waals surface area contributed by atoms with Crippen molar-refractivity contribution in [1.29, 1.82) is 0 Å². The number of carbonyl (C=O) groups is 1. The van der Waals surface area contributed by atoms with Crippen LogP contribution in [0.5, 0.6) is 0 Å². The maximum atomic E-state index is 12.4. The Balaban J connectivity index is 1.52. The number of aromatic nitrogens is 1. The number of carbonyl (C=O) groups excluding carboxylic acids is 1. The Kier molecular flexibility index (Phi) is 6.42. The third kappa shape index (κ3) is 5.48. The van der Waals surface area contributed by atoms with Crippen molar-refractivity contribution in [3.8, 4) is 0 Å². The van der Waals surface area contributed by atoms with Crippen molar-refractivity contribution in [2.45, 2.75) is 53.1 Å². The number of amides is 2. The van der Waals surface area contributed by atoms with Crippen molar-refractivity contribution in [1.82, 2.24) is 14.8 Å². The molecule has 0 spiro atoms. The standard InChI is InChI=1S/C22H34N4O/c1-16(2)14-25-10-8-19(9-11-25)23-22(27)24-20-5-6-21-18(13-20)7-12-26(21)15-17(3)4/h5-7,12-13,16-17,19H,8-11,14-15H2,1-4H3,(H2,23,24,27). The molecule has 1 aliphatic rings. The van der Waals surface area contributed by atoms with E-state index < -0.39 is 0 Å². The third-order valence-electron chi connectivity index (χ3n) is 5.14. The monoisotopic (exact) mass is 370 g/mol. The van der Waals surface area contributed by atoms with Gasteiger partial charge in [0.05, 0.1) is 0 Å². The van der Waals surface area contributed by atoms with Crippen LogP contribution in [0.1, 0.15) is 40.5 Å². The number of rotatable bonds is 6. The number of urea groups is 1. The molecule has 2 amide bonds. The molecule has 5 nitrogen and oxygen atoms in total. The lowest BCUT2D eigenvalue weighted by atomic mass is 10.0. The zero-order valence-corrected chi connectivity index (χ0v) is 17.2. The molecule has 0 unspecified atom stereocenters. The van der Waals surface area contributed by atoms with Gasteiger partial charge in [-0.05, 0) is 48.9 Å². The van der Waals surface area contributed by atoms with Crippen LogP contribution in [0.3, 0.4) is 0 Å². The number of nitrogens with one attached hydrogen (secondary N) is 2. The summed E-state index contributed by atoms with van der Waals surface area (Å²) in [7, 11) is 0. The molecule has 1 fully saturated rings. The van der Waals surface area contributed by atoms with Gasteiger partial charge in [0.25, 0.3) is 0 Å². The van der Waals surface area contributed by atoms with E-state index in [1.54, 1.807) is 0 Å². The SMILES string of the molecule is CC(C)CN1CCC(NC(=O)Nc2ccc3c(ccn3CC(C)C)c2)CC1. The quantitative estimate of drug-likeness (QED) is 0.784. The summed E-state index contributed by atoms with van der Waals surface area (Å²) >= 11 is 0. The first kappa shape index (κ1) is 19.7. The summed E-state index contributed by atoms with van der Waals surface area (Å²) in [5.41, 5.74) is 2.06. The summed E-state index contributed by atoms with van der Waals surface area (Å²) in [6.07, 6.45) is 4.17. The van der Waals surface area contributed by atoms with Crippen molar-refractivity contribution in [2.24, 2.45) is 11.8 Å². The average Bonchev–Trinajstić information content (AvgIpc) is 2.97. The van der Waals surface area contributed by atoms with Crippen LogP contribution in [-0.4, -0.2) is 41.2 Å². The lowest BCUT2D eigenvalue weighted by Crippen LogP contribution is -2.46. The van der Waals surface area contributed by atoms with Gasteiger partial charge in [-0.25, -0.2) is 4.79 Å². The van der Waals surface area contributed by atoms with Crippen molar-refractivity contribution < 1.29 is 4.79 Å². The van der Waals surface area contributed by atoms with Gasteiger partial charge in [0.2, 0.25) is 0 Å². The van der Waals surface area contributed by atoms with E-state index in [4.69, 9.17) is 0 Å². The zero-order valence-electron chi connectivity index (χ0n) is 17.2. The van der Waals surface area contributed by atoms with Crippen LogP contribution >= 0.6 is 0 Å². The summed E-state index contributed by atoms with van der Waals surface area (Å²) in [6.45, 7) is 13.2. The largest absolute Gasteiger partial charge is 0.347 e. The Labute approximate surface area is 163 Å². The van der Waals surface area contributed by atoms with Crippen molar-refractivity contribution in [2.75, 3.05) is 25.0 Å². The number of hydrogen-bond donors (Lipinski definition) is 2. The fourth-order valence-electron chi connectivity index (χ4n) is 3.96. The number of hydrogen-bond acceptors (Lipinski definition) is 2. The Morgan fingerprint density at radius 1 is 1.07 bits per heavy atom. The van der Waals surface area contributed by atoms with Crippen molar-refractivity contribution in [3.63, 3.8) is 0 Å². The fourth-order valence-corrected chi connectivity index (χ4v) is 3.96. The van der Waals surface area contributed by atoms with Gasteiger partial charge in [0.15, 0.2) is 0 Å². The smallest absolute Gasteiger partial charge is 0.319 e. The van der Waals surface area contributed by atoms with Crippen LogP contribution in [-0.2, 0) is 6.54 Å². The van der Waals surface area contributed by atoms with E-state index in [2.05, 4.69) is 72.2 Å². The lowest BCUT2D eigenvalue weighted by Gasteiger charge is -2.33. The molecule has 1 aromatic carbocycles. The van der Waals surface area contributed by atoms with E-state index in [-0.39, 0.29) is 12.1 Å². The second kappa shape index (κ2) is 8.79. The Hall–Kier alpha value is -2.01. The van der Waals surface area contributed by atoms with Gasteiger partial charge < -0.3 is 20.1 Å². The molecular formula is C22H34N4O. The first-order valence-corrected chi connectivity index (χ1v) is 10.3. The second-order valence-corrected chi connectivity index (χ2v) is 8.70. The normalized spacial score (nSPS) is 16.4. The molecule has 2 heterocycles. The summed E-state index contributed by atoms with van der Waals surface area (Å²) in [5.74, 6) is 1.30. The maximum absolute atomic E-state index is 12.4. The molecule has 0 bridgehead atoms. The van der Waals surface area contributed by atoms with Crippen molar-refractivity contribution in [3.05, 3.63) is 30.5 Å². The molecule has 0 saturated carbocycles. The van der Waals surface area contributed by atoms with E-state index in [1.807, 2.05) is 6.07 Å². The fraction of sp³-hybridized carbons (Fsp3) is 0.591. The minimum absolute atomic E-state index is 0.0988. The highest BCUT2D eigenvalue weighted by Crippen LogP contribution is 2.21. The van der Waals surface area contributed by atoms with Crippen LogP contribution in [0.25, 0.3) is 10.9 Å². The molecule has 0 aliphatic carbocycles. The van der Waals surface area contributed by atoms with Gasteiger partial charge in [-0.3, -0.25) is 0 Å². The molecule has 1 aliphatic heterocycles. The molecule has 2 aromatic rings. The summed E-state index contributed by atoms with van der Waals surface area (Å²) in [6, 6.07) is 8.42. The molecule has 3 rings (SSSR count). The van der Waals surface area contributed by atoms with Gasteiger partial charge in [-0.2, -0.15) is 0 Å². The van der Waals surface area contributed by atoms with E-state index in [0.29, 0.717) is 11.8 Å². The van der Waals surface area contributed by atoms with Crippen LogP contribution in [0, 0.1) is 11.8 Å². The van der Waals surface area contributed by atoms with E-state index >= 15 is 0 Å². The predicted octanol–water partition coefficient (Wildman–Crippen LogP) is 4.54. The number of nitrogens with zero attached hydrogens (tertiary/aromatic N) is 2. The number of likely N-dealkylation sites (tertiary alicyclic amines) is 1. The molecule has 27 heavy (non-hydrogen) atoms. The molecule has 2 N–H and O–H groups in total. The van der Waals surface area contributed by atoms with Crippen LogP contribution in [0.15, 0.2) is 30.5 Å². The second-order valence-electron chi connectivity index (χ2n) is 8.70. The highest BCUT2D eigenvalue weighted by Gasteiger charge is 2.21. The molecule has 0 atom stereocenters. The number of fused-ring (bicyclic) bond motifs is 1. The summed E-state index contributed by atoms with van der Waals surface area (Å²) in [5, 5.41) is 7.30. The Morgan fingerprint density at radius 2 is 1.78 bits per heavy atom. The van der Waals surface area contributed by atoms with E-state index in [1.165, 1.54) is 5.52 Å². The Morgan fingerprint density at radius 3 is 2.44 bits per heavy atom. The molecule has 1 aromatic heterocycles. The molecule has 0 radical (unpaired) electrons. The molecule has 148 valence electrons. The summed E-state index contributed by atoms with van der Waals surface area (Å²) < 4.78 is 2.27. The van der Waals surface area contributed by atoms with E-state index in [0.717, 1.165) is 50.1 Å². The topological polar surface area (TPSA) is 49.3 Å². The van der Waals surface area contributed by atoms with Crippen LogP contribution in [0.2, 0.25) is 0 Å². The number of piperidine rings is 1. The number of anilines is 1. The Bertz CT molecular complexity index is 757. The highest BCUT2D eigenvalue weighted by atomic mass is 16.2. The van der Waals surface area contributed by atoms with Gasteiger partial charge in [0.1, 0.15) is 0 Å². The van der Waals surface area contributed by atoms with E-state index in [9.17, 15) is 4.79 Å². The molecule has 1 saturated heterocycles. The maximum Gasteiger partial charge on any atom is 0.319 e. The number of benzene rings is 1. The molecule has 5 heteroatoms. The van der Waals surface area contributed by atoms with Crippen molar-refractivity contribution >= 4 is 22.6 Å². The summed E-state index contributed by atoms with van der Waals surface area (Å²) in [4.78, 5) is 14.9. The van der Waals surface area contributed by atoms with Gasteiger partial charge in [0, 0.05) is 55.0 Å². The first-order chi connectivity index (χ1) is 12.9. The zero-order chi connectivity index (χ0) is 19.4. The van der Waals surface area contributed by atoms with Crippen LogP contribution < -0.4 is 10.6 Å². The third-order valence-corrected chi connectivity index (χ3v) is 5.14.